The molecule has 0 rings (SSSR count). The van der Waals surface area contributed by atoms with E-state index in [1.807, 2.05) is 6.92 Å². The number of oxime groups is 1. The Labute approximate surface area is 55.3 Å². The highest BCUT2D eigenvalue weighted by Gasteiger charge is 1.95. The monoisotopic (exact) mass is 130 g/mol. The normalized spacial score (nSPS) is 11.6. The van der Waals surface area contributed by atoms with E-state index < -0.39 is 0 Å². The van der Waals surface area contributed by atoms with Gasteiger partial charge in [-0.2, -0.15) is 0 Å². The van der Waals surface area contributed by atoms with E-state index in [-0.39, 0.29) is 0 Å². The van der Waals surface area contributed by atoms with Crippen LogP contribution in [0.5, 0.6) is 0 Å². The van der Waals surface area contributed by atoms with Crippen molar-refractivity contribution < 1.29 is 9.94 Å². The molecule has 53 valence electrons. The lowest BCUT2D eigenvalue weighted by atomic mass is 10.3. The van der Waals surface area contributed by atoms with Gasteiger partial charge in [-0.15, -0.1) is 0 Å². The van der Waals surface area contributed by atoms with E-state index in [1.54, 1.807) is 0 Å². The molecule has 0 unspecified atom stereocenters. The molecule has 0 bridgehead atoms. The highest BCUT2D eigenvalue weighted by molar-refractivity contribution is 5.75. The fourth-order valence-corrected chi connectivity index (χ4v) is 0.469. The summed E-state index contributed by atoms with van der Waals surface area (Å²) < 4.78 is 4.89. The summed E-state index contributed by atoms with van der Waals surface area (Å²) in [6.45, 7) is 5.97. The van der Waals surface area contributed by atoms with E-state index in [1.165, 1.54) is 0 Å². The van der Waals surface area contributed by atoms with E-state index in [0.717, 1.165) is 0 Å². The zero-order valence-electron chi connectivity index (χ0n) is 5.63. The van der Waals surface area contributed by atoms with Crippen LogP contribution in [-0.4, -0.2) is 17.7 Å². The Morgan fingerprint density at radius 2 is 2.44 bits per heavy atom. The van der Waals surface area contributed by atoms with E-state index in [2.05, 4.69) is 12.1 Å². The van der Waals surface area contributed by atoms with Crippen LogP contribution in [0.3, 0.4) is 0 Å². The number of ether oxygens (including phenoxy) is 1. The highest BCUT2D eigenvalue weighted by atomic mass is 16.5. The van der Waals surface area contributed by atoms with Crippen LogP contribution < -0.4 is 0 Å². The zero-order chi connectivity index (χ0) is 7.11. The Kier molecular flexibility index (Phi) is 4.97. The molecule has 3 heteroatoms. The van der Waals surface area contributed by atoms with Crippen molar-refractivity contribution in [2.75, 3.05) is 6.61 Å². The molecular weight excluding hydrogens is 118 g/mol. The number of hydrogen-bond acceptors (Lipinski definition) is 3. The molecule has 0 fully saturated rings. The summed E-state index contributed by atoms with van der Waals surface area (Å²) in [5, 5.41) is 11.1. The molecule has 0 saturated carbocycles. The molecule has 0 aliphatic rings. The highest BCUT2D eigenvalue weighted by Crippen LogP contribution is 1.92. The van der Waals surface area contributed by atoms with Crippen molar-refractivity contribution in [3.8, 4) is 0 Å². The molecule has 0 aromatic carbocycles. The first-order chi connectivity index (χ1) is 4.35. The van der Waals surface area contributed by atoms with Crippen LogP contribution in [0, 0.1) is 6.92 Å². The van der Waals surface area contributed by atoms with Crippen molar-refractivity contribution >= 4 is 5.90 Å². The van der Waals surface area contributed by atoms with Crippen LogP contribution in [0.25, 0.3) is 0 Å². The summed E-state index contributed by atoms with van der Waals surface area (Å²) in [7, 11) is 0. The summed E-state index contributed by atoms with van der Waals surface area (Å²) in [5.41, 5.74) is 0. The van der Waals surface area contributed by atoms with Crippen molar-refractivity contribution in [1.29, 1.82) is 0 Å². The fraction of sp³-hybridized carbons (Fsp3) is 0.667. The Morgan fingerprint density at radius 1 is 1.78 bits per heavy atom. The third-order valence-electron chi connectivity index (χ3n) is 0.813. The second-order valence-electron chi connectivity index (χ2n) is 1.53. The van der Waals surface area contributed by atoms with Gasteiger partial charge in [0.25, 0.3) is 0 Å². The molecule has 0 aliphatic carbocycles. The van der Waals surface area contributed by atoms with Gasteiger partial charge in [-0.25, -0.2) is 0 Å². The van der Waals surface area contributed by atoms with Gasteiger partial charge in [0.15, 0.2) is 0 Å². The minimum Gasteiger partial charge on any atom is -0.479 e. The first kappa shape index (κ1) is 8.27. The first-order valence-electron chi connectivity index (χ1n) is 2.98. The smallest absolute Gasteiger partial charge is 0.225 e. The minimum absolute atomic E-state index is 0.368. The maximum absolute atomic E-state index is 8.22. The predicted octanol–water partition coefficient (Wildman–Crippen LogP) is 1.42. The largest absolute Gasteiger partial charge is 0.479 e. The Bertz CT molecular complexity index is 83.1. The Balaban J connectivity index is 3.43. The quantitative estimate of drug-likeness (QED) is 0.272. The molecule has 0 heterocycles. The lowest BCUT2D eigenvalue weighted by Crippen LogP contribution is -2.03. The number of rotatable bonds is 3. The van der Waals surface area contributed by atoms with Gasteiger partial charge >= 0.3 is 0 Å². The average molecular weight is 130 g/mol. The molecule has 3 nitrogen and oxygen atoms in total. The molecule has 1 radical (unpaired) electrons. The van der Waals surface area contributed by atoms with Gasteiger partial charge in [0.05, 0.1) is 6.61 Å². The summed E-state index contributed by atoms with van der Waals surface area (Å²) in [6.07, 6.45) is 1.30. The van der Waals surface area contributed by atoms with Crippen LogP contribution in [0.1, 0.15) is 19.8 Å². The van der Waals surface area contributed by atoms with Gasteiger partial charge < -0.3 is 9.94 Å². The van der Waals surface area contributed by atoms with E-state index in [4.69, 9.17) is 9.94 Å². The van der Waals surface area contributed by atoms with Crippen LogP contribution in [0.2, 0.25) is 0 Å². The van der Waals surface area contributed by atoms with E-state index >= 15 is 0 Å². The van der Waals surface area contributed by atoms with Crippen LogP contribution in [-0.2, 0) is 4.74 Å². The lowest BCUT2D eigenvalue weighted by Gasteiger charge is -2.01. The predicted molar refractivity (Wildman–Crippen MR) is 35.4 cm³/mol. The average Bonchev–Trinajstić information content (AvgIpc) is 1.88. The van der Waals surface area contributed by atoms with Crippen molar-refractivity contribution in [3.05, 3.63) is 6.92 Å². The molecule has 0 aliphatic heterocycles. The molecular formula is C6H12NO2. The second-order valence-corrected chi connectivity index (χ2v) is 1.53. The summed E-state index contributed by atoms with van der Waals surface area (Å²) in [6, 6.07) is 0. The molecule has 0 atom stereocenters. The molecule has 0 saturated heterocycles. The third-order valence-corrected chi connectivity index (χ3v) is 0.813. The Hall–Kier alpha value is -0.730. The molecule has 1 N–H and O–H groups in total. The summed E-state index contributed by atoms with van der Waals surface area (Å²) in [5.74, 6) is 0.368. The minimum atomic E-state index is 0.368. The molecule has 0 spiro atoms. The SMILES string of the molecule is [CH2]CCC(=NO)OCC. The number of hydrogen-bond donors (Lipinski definition) is 1. The fourth-order valence-electron chi connectivity index (χ4n) is 0.469. The third kappa shape index (κ3) is 3.82. The maximum Gasteiger partial charge on any atom is 0.225 e. The van der Waals surface area contributed by atoms with Crippen molar-refractivity contribution in [1.82, 2.24) is 0 Å². The summed E-state index contributed by atoms with van der Waals surface area (Å²) in [4.78, 5) is 0. The topological polar surface area (TPSA) is 41.8 Å². The number of nitrogens with zero attached hydrogens (tertiary/aromatic N) is 1. The van der Waals surface area contributed by atoms with Gasteiger partial charge in [0.2, 0.25) is 5.90 Å². The van der Waals surface area contributed by atoms with E-state index in [9.17, 15) is 0 Å². The molecule has 0 amide bonds. The van der Waals surface area contributed by atoms with Gasteiger partial charge in [-0.3, -0.25) is 0 Å². The molecule has 0 aromatic heterocycles. The van der Waals surface area contributed by atoms with Gasteiger partial charge in [0, 0.05) is 6.42 Å². The van der Waals surface area contributed by atoms with Crippen molar-refractivity contribution in [3.63, 3.8) is 0 Å². The zero-order valence-corrected chi connectivity index (χ0v) is 5.63. The van der Waals surface area contributed by atoms with E-state index in [0.29, 0.717) is 25.3 Å². The van der Waals surface area contributed by atoms with Crippen LogP contribution in [0.15, 0.2) is 5.16 Å². The standard InChI is InChI=1S/C6H12NO2/c1-3-5-6(7-8)9-4-2/h8H,1,3-5H2,2H3. The van der Waals surface area contributed by atoms with Crippen molar-refractivity contribution in [2.45, 2.75) is 19.8 Å². The van der Waals surface area contributed by atoms with Gasteiger partial charge in [0.1, 0.15) is 0 Å². The lowest BCUT2D eigenvalue weighted by molar-refractivity contribution is 0.257. The van der Waals surface area contributed by atoms with Crippen molar-refractivity contribution in [2.24, 2.45) is 5.16 Å². The van der Waals surface area contributed by atoms with Gasteiger partial charge in [-0.1, -0.05) is 12.1 Å². The Morgan fingerprint density at radius 3 is 2.78 bits per heavy atom. The second kappa shape index (κ2) is 5.41. The first-order valence-corrected chi connectivity index (χ1v) is 2.98. The maximum atomic E-state index is 8.22. The van der Waals surface area contributed by atoms with Crippen LogP contribution >= 0.6 is 0 Å². The van der Waals surface area contributed by atoms with Crippen LogP contribution in [0.4, 0.5) is 0 Å². The van der Waals surface area contributed by atoms with Gasteiger partial charge in [-0.05, 0) is 13.3 Å². The summed E-state index contributed by atoms with van der Waals surface area (Å²) >= 11 is 0. The molecule has 9 heavy (non-hydrogen) atoms. The molecule has 0 aromatic rings.